The molecule has 3 amide bonds. The second kappa shape index (κ2) is 39.2. The fraction of sp³-hybridized carbons (Fsp3) is 0.667. The molecule has 2 aromatic rings. The molecule has 2 heterocycles. The van der Waals surface area contributed by atoms with Crippen LogP contribution in [0.4, 0.5) is 10.5 Å². The Hall–Kier alpha value is -5.21. The van der Waals surface area contributed by atoms with Crippen LogP contribution < -0.4 is 16.4 Å². The Labute approximate surface area is 434 Å². The number of amides is 3. The molecule has 23 heteroatoms. The molecule has 1 saturated carbocycles. The minimum Gasteiger partial charge on any atom is -0.481 e. The van der Waals surface area contributed by atoms with Crippen LogP contribution in [-0.4, -0.2) is 208 Å². The molecule has 4 rings (SSSR count). The molecule has 1 aliphatic heterocycles. The Bertz CT molecular complexity index is 1960. The minimum atomic E-state index is -0.885. The number of carbonyl (C=O) groups is 4. The number of alkyl carbamates (subject to hydrolysis) is 1. The van der Waals surface area contributed by atoms with E-state index in [-0.39, 0.29) is 56.9 Å². The summed E-state index contributed by atoms with van der Waals surface area (Å²) in [5.74, 6) is -0.397. The van der Waals surface area contributed by atoms with E-state index in [1.165, 1.54) is 0 Å². The summed E-state index contributed by atoms with van der Waals surface area (Å²) in [5, 5.41) is 14.1. The first-order valence-corrected chi connectivity index (χ1v) is 25.7. The number of hydrogen-bond donors (Lipinski definition) is 4. The smallest absolute Gasteiger partial charge is 0.407 e. The molecule has 23 nitrogen and oxygen atoms in total. The van der Waals surface area contributed by atoms with E-state index < -0.39 is 12.1 Å². The van der Waals surface area contributed by atoms with Crippen LogP contribution in [0.3, 0.4) is 0 Å². The maximum Gasteiger partial charge on any atom is 0.407 e. The Morgan fingerprint density at radius 2 is 1.16 bits per heavy atom. The van der Waals surface area contributed by atoms with Crippen LogP contribution in [0, 0.1) is 0 Å². The zero-order chi connectivity index (χ0) is 52.7. The maximum atomic E-state index is 13.7. The number of benzene rings is 1. The number of carbonyl (C=O) groups excluding carboxylic acids is 3. The molecule has 0 unspecified atom stereocenters. The molecule has 0 atom stereocenters. The fourth-order valence-electron chi connectivity index (χ4n) is 6.90. The van der Waals surface area contributed by atoms with Crippen molar-refractivity contribution < 1.29 is 76.4 Å². The quantitative estimate of drug-likeness (QED) is 0.0691. The van der Waals surface area contributed by atoms with Crippen LogP contribution in [-0.2, 0) is 73.0 Å². The number of amidine groups is 1. The van der Waals surface area contributed by atoms with Gasteiger partial charge in [0.1, 0.15) is 17.8 Å². The van der Waals surface area contributed by atoms with Gasteiger partial charge in [0.25, 0.3) is 0 Å². The van der Waals surface area contributed by atoms with E-state index in [4.69, 9.17) is 62.9 Å². The van der Waals surface area contributed by atoms with Crippen molar-refractivity contribution in [3.63, 3.8) is 0 Å². The molecule has 0 bridgehead atoms. The summed E-state index contributed by atoms with van der Waals surface area (Å²) in [6, 6.07) is 5.71. The summed E-state index contributed by atoms with van der Waals surface area (Å²) in [6.07, 6.45) is 9.51. The standard InChI is InChI=1S/C51H79N7O16/c1-2-12-58(13-4-11-53-51(63)74-44-5-3-6-44)50(62)42-34-41-8-7-40(35-45(41)57-46(52)36-42)43-37-54-47(55-38-43)39-56-48(59)9-14-64-16-18-66-20-22-68-24-26-70-28-30-72-32-33-73-31-29-71-27-25-69-23-21-67-19-17-65-15-10-49(60)61/h7-8,34-35,37-38,44H,2-6,9-33,36,39H2,1H3,(H2,52,57)(H,53,63)(H,56,59)(H,60,61). The largest absolute Gasteiger partial charge is 0.481 e. The van der Waals surface area contributed by atoms with Crippen LogP contribution in [0.2, 0.25) is 0 Å². The van der Waals surface area contributed by atoms with E-state index in [1.807, 2.05) is 31.2 Å². The van der Waals surface area contributed by atoms with E-state index in [1.54, 1.807) is 17.3 Å². The highest BCUT2D eigenvalue weighted by Crippen LogP contribution is 2.32. The van der Waals surface area contributed by atoms with E-state index >= 15 is 0 Å². The number of rotatable bonds is 44. The zero-order valence-corrected chi connectivity index (χ0v) is 43.1. The van der Waals surface area contributed by atoms with Crippen molar-refractivity contribution in [3.05, 3.63) is 47.6 Å². The summed E-state index contributed by atoms with van der Waals surface area (Å²) in [7, 11) is 0. The van der Waals surface area contributed by atoms with Crippen molar-refractivity contribution in [1.82, 2.24) is 25.5 Å². The molecular weight excluding hydrogens is 967 g/mol. The SMILES string of the molecule is CCCN(CCCNC(=O)OC1CCC1)C(=O)C1=Cc2ccc(-c3cnc(CNC(=O)CCOCCOCCOCCOCCOCCOCCOCCOCCOCCOCCC(=O)O)nc3)cc2N=C(N)C1. The van der Waals surface area contributed by atoms with Crippen LogP contribution in [0.5, 0.6) is 0 Å². The highest BCUT2D eigenvalue weighted by molar-refractivity contribution is 6.05. The second-order valence-electron chi connectivity index (χ2n) is 16.9. The number of nitrogens with two attached hydrogens (primary N) is 1. The second-order valence-corrected chi connectivity index (χ2v) is 16.9. The molecule has 1 aromatic heterocycles. The first kappa shape index (κ1) is 61.3. The lowest BCUT2D eigenvalue weighted by molar-refractivity contribution is -0.138. The van der Waals surface area contributed by atoms with Gasteiger partial charge in [-0.05, 0) is 49.8 Å². The van der Waals surface area contributed by atoms with Gasteiger partial charge in [-0.3, -0.25) is 14.4 Å². The third-order valence-corrected chi connectivity index (χ3v) is 11.0. The zero-order valence-electron chi connectivity index (χ0n) is 43.1. The number of nitrogens with zero attached hydrogens (tertiary/aromatic N) is 4. The lowest BCUT2D eigenvalue weighted by Crippen LogP contribution is -2.37. The molecule has 1 aromatic carbocycles. The molecular formula is C51H79N7O16. The van der Waals surface area contributed by atoms with E-state index in [9.17, 15) is 19.2 Å². The maximum absolute atomic E-state index is 13.7. The van der Waals surface area contributed by atoms with Crippen molar-refractivity contribution in [2.24, 2.45) is 10.7 Å². The molecule has 5 N–H and O–H groups in total. The number of aliphatic imine (C=N–C) groups is 1. The summed E-state index contributed by atoms with van der Waals surface area (Å²) in [5.41, 5.74) is 9.86. The van der Waals surface area contributed by atoms with Crippen LogP contribution in [0.15, 0.2) is 41.2 Å². The lowest BCUT2D eigenvalue weighted by Gasteiger charge is -2.25. The number of carboxylic acids is 1. The van der Waals surface area contributed by atoms with Crippen LogP contribution in [0.1, 0.15) is 69.7 Å². The molecule has 0 saturated heterocycles. The van der Waals surface area contributed by atoms with Gasteiger partial charge in [0.15, 0.2) is 0 Å². The number of carboxylic acid groups (broad SMARTS) is 1. The van der Waals surface area contributed by atoms with Crippen molar-refractivity contribution in [1.29, 1.82) is 0 Å². The van der Waals surface area contributed by atoms with Crippen LogP contribution >= 0.6 is 0 Å². The Kier molecular flexibility index (Phi) is 32.5. The first-order valence-electron chi connectivity index (χ1n) is 25.7. The minimum absolute atomic E-state index is 0.0158. The van der Waals surface area contributed by atoms with Gasteiger partial charge < -0.3 is 78.5 Å². The first-order chi connectivity index (χ1) is 36.2. The number of nitrogens with one attached hydrogen (secondary N) is 2. The van der Waals surface area contributed by atoms with Gasteiger partial charge in [0, 0.05) is 61.6 Å². The third kappa shape index (κ3) is 27.9. The Morgan fingerprint density at radius 3 is 1.64 bits per heavy atom. The normalized spacial score (nSPS) is 13.3. The van der Waals surface area contributed by atoms with E-state index in [0.717, 1.165) is 42.4 Å². The van der Waals surface area contributed by atoms with E-state index in [2.05, 4.69) is 25.6 Å². The highest BCUT2D eigenvalue weighted by Gasteiger charge is 2.23. The van der Waals surface area contributed by atoms with Gasteiger partial charge in [-0.2, -0.15) is 0 Å². The van der Waals surface area contributed by atoms with Gasteiger partial charge in [-0.15, -0.1) is 0 Å². The molecule has 0 radical (unpaired) electrons. The van der Waals surface area contributed by atoms with Crippen LogP contribution in [0.25, 0.3) is 17.2 Å². The fourth-order valence-corrected chi connectivity index (χ4v) is 6.90. The summed E-state index contributed by atoms with van der Waals surface area (Å²) in [4.78, 5) is 63.9. The predicted molar refractivity (Wildman–Crippen MR) is 272 cm³/mol. The predicted octanol–water partition coefficient (Wildman–Crippen LogP) is 3.47. The average molecular weight is 1050 g/mol. The third-order valence-electron chi connectivity index (χ3n) is 11.0. The molecule has 74 heavy (non-hydrogen) atoms. The molecule has 1 aliphatic carbocycles. The number of ether oxygens (including phenoxy) is 11. The van der Waals surface area contributed by atoms with Crippen molar-refractivity contribution in [2.45, 2.75) is 70.9 Å². The molecule has 1 fully saturated rings. The number of hydrogen-bond acceptors (Lipinski definition) is 19. The van der Waals surface area contributed by atoms with Crippen molar-refractivity contribution >= 4 is 41.5 Å². The topological polar surface area (TPSA) is 281 Å². The number of fused-ring (bicyclic) bond motifs is 1. The molecule has 0 spiro atoms. The van der Waals surface area contributed by atoms with Crippen molar-refractivity contribution in [3.8, 4) is 11.1 Å². The van der Waals surface area contributed by atoms with E-state index in [0.29, 0.717) is 168 Å². The van der Waals surface area contributed by atoms with Gasteiger partial charge in [-0.1, -0.05) is 19.1 Å². The van der Waals surface area contributed by atoms with Gasteiger partial charge in [0.2, 0.25) is 11.8 Å². The molecule has 2 aliphatic rings. The molecule has 414 valence electrons. The Morgan fingerprint density at radius 1 is 0.662 bits per heavy atom. The lowest BCUT2D eigenvalue weighted by atomic mass is 9.96. The Balaban J connectivity index is 0.931. The average Bonchev–Trinajstić information content (AvgIpc) is 3.55. The van der Waals surface area contributed by atoms with Crippen molar-refractivity contribution in [2.75, 3.05) is 152 Å². The monoisotopic (exact) mass is 1050 g/mol. The van der Waals surface area contributed by atoms with Gasteiger partial charge >= 0.3 is 12.1 Å². The summed E-state index contributed by atoms with van der Waals surface area (Å²) in [6.45, 7) is 11.8. The summed E-state index contributed by atoms with van der Waals surface area (Å²) >= 11 is 0. The number of aromatic nitrogens is 2. The summed E-state index contributed by atoms with van der Waals surface area (Å²) < 4.78 is 59.7. The number of aliphatic carboxylic acids is 1. The van der Waals surface area contributed by atoms with Gasteiger partial charge in [0.05, 0.1) is 151 Å². The highest BCUT2D eigenvalue weighted by atomic mass is 16.6. The van der Waals surface area contributed by atoms with Gasteiger partial charge in [-0.25, -0.2) is 19.8 Å².